The van der Waals surface area contributed by atoms with Gasteiger partial charge in [0.1, 0.15) is 5.75 Å². The SMILES string of the molecule is COc1ccc([C@H](N)[C@H](C)O)cc1. The first-order valence-corrected chi connectivity index (χ1v) is 4.22. The van der Waals surface area contributed by atoms with Crippen molar-refractivity contribution in [3.05, 3.63) is 29.8 Å². The lowest BCUT2D eigenvalue weighted by Crippen LogP contribution is -2.22. The normalized spacial score (nSPS) is 15.1. The van der Waals surface area contributed by atoms with E-state index in [0.717, 1.165) is 11.3 Å². The van der Waals surface area contributed by atoms with Crippen LogP contribution in [0.1, 0.15) is 18.5 Å². The lowest BCUT2D eigenvalue weighted by atomic mass is 10.0. The van der Waals surface area contributed by atoms with Gasteiger partial charge in [0.15, 0.2) is 0 Å². The minimum atomic E-state index is -0.534. The van der Waals surface area contributed by atoms with E-state index >= 15 is 0 Å². The molecule has 0 saturated heterocycles. The van der Waals surface area contributed by atoms with Crippen LogP contribution in [0.4, 0.5) is 0 Å². The van der Waals surface area contributed by atoms with Crippen molar-refractivity contribution < 1.29 is 9.84 Å². The van der Waals surface area contributed by atoms with Crippen LogP contribution < -0.4 is 10.5 Å². The van der Waals surface area contributed by atoms with Gasteiger partial charge >= 0.3 is 0 Å². The van der Waals surface area contributed by atoms with Crippen LogP contribution in [0.15, 0.2) is 24.3 Å². The van der Waals surface area contributed by atoms with Crippen LogP contribution in [0.5, 0.6) is 5.75 Å². The van der Waals surface area contributed by atoms with Gasteiger partial charge in [-0.3, -0.25) is 0 Å². The summed E-state index contributed by atoms with van der Waals surface area (Å²) in [4.78, 5) is 0. The second-order valence-corrected chi connectivity index (χ2v) is 3.04. The Kier molecular flexibility index (Phi) is 3.28. The number of methoxy groups -OCH3 is 1. The Morgan fingerprint density at radius 3 is 2.23 bits per heavy atom. The quantitative estimate of drug-likeness (QED) is 0.733. The highest BCUT2D eigenvalue weighted by atomic mass is 16.5. The van der Waals surface area contributed by atoms with Crippen molar-refractivity contribution in [2.75, 3.05) is 7.11 Å². The standard InChI is InChI=1S/C10H15NO2/c1-7(12)10(11)8-3-5-9(13-2)6-4-8/h3-7,10,12H,11H2,1-2H3/t7-,10+/m0/s1. The number of rotatable bonds is 3. The first-order chi connectivity index (χ1) is 6.15. The Labute approximate surface area is 78.1 Å². The number of aliphatic hydroxyl groups is 1. The van der Waals surface area contributed by atoms with Crippen molar-refractivity contribution >= 4 is 0 Å². The molecule has 72 valence electrons. The third-order valence-corrected chi connectivity index (χ3v) is 2.02. The predicted octanol–water partition coefficient (Wildman–Crippen LogP) is 1.08. The van der Waals surface area contributed by atoms with Gasteiger partial charge in [-0.1, -0.05) is 12.1 Å². The molecule has 0 amide bonds. The van der Waals surface area contributed by atoms with Gasteiger partial charge in [0.05, 0.1) is 19.3 Å². The van der Waals surface area contributed by atoms with Gasteiger partial charge in [0, 0.05) is 0 Å². The van der Waals surface area contributed by atoms with Crippen LogP contribution in [-0.2, 0) is 0 Å². The molecule has 3 nitrogen and oxygen atoms in total. The number of hydrogen-bond acceptors (Lipinski definition) is 3. The van der Waals surface area contributed by atoms with Crippen LogP contribution in [0.3, 0.4) is 0 Å². The Morgan fingerprint density at radius 2 is 1.85 bits per heavy atom. The summed E-state index contributed by atoms with van der Waals surface area (Å²) in [5.74, 6) is 0.793. The van der Waals surface area contributed by atoms with E-state index < -0.39 is 6.10 Å². The fourth-order valence-electron chi connectivity index (χ4n) is 1.10. The molecule has 0 aliphatic rings. The zero-order valence-corrected chi connectivity index (χ0v) is 7.90. The smallest absolute Gasteiger partial charge is 0.118 e. The Bertz CT molecular complexity index is 256. The lowest BCUT2D eigenvalue weighted by molar-refractivity contribution is 0.164. The molecule has 3 N–H and O–H groups in total. The monoisotopic (exact) mass is 181 g/mol. The minimum absolute atomic E-state index is 0.328. The van der Waals surface area contributed by atoms with Crippen molar-refractivity contribution in [3.63, 3.8) is 0 Å². The van der Waals surface area contributed by atoms with Crippen molar-refractivity contribution in [2.24, 2.45) is 5.73 Å². The van der Waals surface area contributed by atoms with Crippen LogP contribution in [0.2, 0.25) is 0 Å². The summed E-state index contributed by atoms with van der Waals surface area (Å²) in [6.45, 7) is 1.68. The molecule has 0 heterocycles. The van der Waals surface area contributed by atoms with Gasteiger partial charge in [-0.05, 0) is 24.6 Å². The van der Waals surface area contributed by atoms with Gasteiger partial charge in [-0.25, -0.2) is 0 Å². The van der Waals surface area contributed by atoms with E-state index in [1.54, 1.807) is 14.0 Å². The Morgan fingerprint density at radius 1 is 1.31 bits per heavy atom. The molecule has 2 atom stereocenters. The molecule has 0 saturated carbocycles. The molecule has 0 fully saturated rings. The highest BCUT2D eigenvalue weighted by Crippen LogP contribution is 2.17. The molecule has 0 aliphatic heterocycles. The first kappa shape index (κ1) is 10.0. The van der Waals surface area contributed by atoms with Crippen molar-refractivity contribution in [3.8, 4) is 5.75 Å². The van der Waals surface area contributed by atoms with Crippen LogP contribution in [0, 0.1) is 0 Å². The minimum Gasteiger partial charge on any atom is -0.497 e. The summed E-state index contributed by atoms with van der Waals surface area (Å²) in [5.41, 5.74) is 6.65. The first-order valence-electron chi connectivity index (χ1n) is 4.22. The molecule has 1 aromatic carbocycles. The Balaban J connectivity index is 2.79. The summed E-state index contributed by atoms with van der Waals surface area (Å²) in [6, 6.07) is 7.05. The largest absolute Gasteiger partial charge is 0.497 e. The average molecular weight is 181 g/mol. The van der Waals surface area contributed by atoms with E-state index in [1.807, 2.05) is 24.3 Å². The van der Waals surface area contributed by atoms with Crippen LogP contribution >= 0.6 is 0 Å². The molecule has 1 aromatic rings. The molecule has 0 unspecified atom stereocenters. The van der Waals surface area contributed by atoms with Gasteiger partial charge in [0.25, 0.3) is 0 Å². The van der Waals surface area contributed by atoms with Gasteiger partial charge in [-0.2, -0.15) is 0 Å². The molecule has 1 rings (SSSR count). The molecule has 0 radical (unpaired) electrons. The fraction of sp³-hybridized carbons (Fsp3) is 0.400. The number of nitrogens with two attached hydrogens (primary N) is 1. The van der Waals surface area contributed by atoms with E-state index in [1.165, 1.54) is 0 Å². The molecular weight excluding hydrogens is 166 g/mol. The van der Waals surface area contributed by atoms with E-state index in [9.17, 15) is 5.11 Å². The maximum atomic E-state index is 9.24. The number of aliphatic hydroxyl groups excluding tert-OH is 1. The molecule has 3 heteroatoms. The summed E-state index contributed by atoms with van der Waals surface area (Å²) < 4.78 is 5.01. The summed E-state index contributed by atoms with van der Waals surface area (Å²) in [7, 11) is 1.61. The molecular formula is C10H15NO2. The topological polar surface area (TPSA) is 55.5 Å². The second kappa shape index (κ2) is 4.25. The molecule has 0 spiro atoms. The number of hydrogen-bond donors (Lipinski definition) is 2. The van der Waals surface area contributed by atoms with Crippen molar-refractivity contribution in [2.45, 2.75) is 19.1 Å². The number of ether oxygens (including phenoxy) is 1. The van der Waals surface area contributed by atoms with Gasteiger partial charge in [-0.15, -0.1) is 0 Å². The van der Waals surface area contributed by atoms with Crippen LogP contribution in [0.25, 0.3) is 0 Å². The van der Waals surface area contributed by atoms with Gasteiger partial charge in [0.2, 0.25) is 0 Å². The third kappa shape index (κ3) is 2.44. The van der Waals surface area contributed by atoms with Gasteiger partial charge < -0.3 is 15.6 Å². The summed E-state index contributed by atoms with van der Waals surface area (Å²) >= 11 is 0. The molecule has 0 aliphatic carbocycles. The Hall–Kier alpha value is -1.06. The summed E-state index contributed by atoms with van der Waals surface area (Å²) in [5, 5.41) is 9.24. The average Bonchev–Trinajstić information content (AvgIpc) is 2.17. The lowest BCUT2D eigenvalue weighted by Gasteiger charge is -2.14. The van der Waals surface area contributed by atoms with E-state index in [2.05, 4.69) is 0 Å². The number of benzene rings is 1. The third-order valence-electron chi connectivity index (χ3n) is 2.02. The summed E-state index contributed by atoms with van der Waals surface area (Å²) in [6.07, 6.45) is -0.534. The van der Waals surface area contributed by atoms with Crippen LogP contribution in [-0.4, -0.2) is 18.3 Å². The molecule has 13 heavy (non-hydrogen) atoms. The van der Waals surface area contributed by atoms with E-state index in [-0.39, 0.29) is 6.04 Å². The van der Waals surface area contributed by atoms with Crippen molar-refractivity contribution in [1.82, 2.24) is 0 Å². The van der Waals surface area contributed by atoms with E-state index in [4.69, 9.17) is 10.5 Å². The predicted molar refractivity (Wildman–Crippen MR) is 51.6 cm³/mol. The highest BCUT2D eigenvalue weighted by molar-refractivity contribution is 5.29. The maximum Gasteiger partial charge on any atom is 0.118 e. The zero-order chi connectivity index (χ0) is 9.84. The van der Waals surface area contributed by atoms with Crippen molar-refractivity contribution in [1.29, 1.82) is 0 Å². The zero-order valence-electron chi connectivity index (χ0n) is 7.90. The second-order valence-electron chi connectivity index (χ2n) is 3.04. The molecule has 0 aromatic heterocycles. The molecule has 0 bridgehead atoms. The highest BCUT2D eigenvalue weighted by Gasteiger charge is 2.11. The maximum absolute atomic E-state index is 9.24. The van der Waals surface area contributed by atoms with E-state index in [0.29, 0.717) is 0 Å². The fourth-order valence-corrected chi connectivity index (χ4v) is 1.10.